The summed E-state index contributed by atoms with van der Waals surface area (Å²) in [5, 5.41) is 0. The van der Waals surface area contributed by atoms with Crippen LogP contribution in [0, 0.1) is 5.92 Å². The molecule has 162 valence electrons. The van der Waals surface area contributed by atoms with Gasteiger partial charge >= 0.3 is 12.6 Å². The van der Waals surface area contributed by atoms with Crippen molar-refractivity contribution in [2.75, 3.05) is 40.3 Å². The predicted molar refractivity (Wildman–Crippen MR) is 61.8 cm³/mol. The Morgan fingerprint density at radius 3 is 0.800 bits per heavy atom. The van der Waals surface area contributed by atoms with Crippen LogP contribution in [0.15, 0.2) is 0 Å². The van der Waals surface area contributed by atoms with Crippen LogP contribution in [0.2, 0.25) is 0 Å². The molecule has 0 unspecified atom stereocenters. The van der Waals surface area contributed by atoms with E-state index in [4.69, 9.17) is 0 Å². The fourth-order valence-electron chi connectivity index (χ4n) is 0.216. The van der Waals surface area contributed by atoms with E-state index in [1.54, 1.807) is 0 Å². The van der Waals surface area contributed by atoms with Crippen LogP contribution in [0.4, 0.5) is 66.2 Å². The second-order valence-electron chi connectivity index (χ2n) is 2.72. The fraction of sp³-hybridized carbons (Fsp3) is 1.00. The monoisotopic (exact) mass is 422 g/mol. The van der Waals surface area contributed by atoms with Crippen molar-refractivity contribution in [3.8, 4) is 0 Å². The molecule has 0 saturated carbocycles. The van der Waals surface area contributed by atoms with Crippen molar-refractivity contribution in [2.45, 2.75) is 19.5 Å². The second-order valence-corrected chi connectivity index (χ2v) is 2.72. The van der Waals surface area contributed by atoms with Crippen LogP contribution in [0.1, 0.15) is 6.92 Å². The first-order valence-corrected chi connectivity index (χ1v) is 5.51. The second kappa shape index (κ2) is 27.8. The third-order valence-electron chi connectivity index (χ3n) is 0.907. The highest BCUT2D eigenvalue weighted by Gasteiger charge is 2.39. The molecule has 0 saturated heterocycles. The summed E-state index contributed by atoms with van der Waals surface area (Å²) in [4.78, 5) is 0. The lowest BCUT2D eigenvalue weighted by atomic mass is 10.2. The molecule has 0 heterocycles. The van der Waals surface area contributed by atoms with Gasteiger partial charge in [0.1, 0.15) is 32.6 Å². The highest BCUT2D eigenvalue weighted by molar-refractivity contribution is 4.64. The van der Waals surface area contributed by atoms with E-state index in [1.807, 2.05) is 0 Å². The highest BCUT2D eigenvalue weighted by atomic mass is 19.5. The van der Waals surface area contributed by atoms with Crippen LogP contribution in [0.3, 0.4) is 0 Å². The maximum absolute atomic E-state index is 11.2. The summed E-state index contributed by atoms with van der Waals surface area (Å²) in [6, 6.07) is 0. The van der Waals surface area contributed by atoms with Crippen LogP contribution >= 0.6 is 0 Å². The first-order chi connectivity index (χ1) is 10.8. The molecule has 0 bridgehead atoms. The molecule has 0 fully saturated rings. The van der Waals surface area contributed by atoms with E-state index in [-0.39, 0.29) is 11.4 Å². The molecule has 0 radical (unpaired) electrons. The zero-order chi connectivity index (χ0) is 20.8. The van der Waals surface area contributed by atoms with E-state index in [0.29, 0.717) is 0 Å². The van der Waals surface area contributed by atoms with Crippen molar-refractivity contribution in [2.24, 2.45) is 5.92 Å². The Bertz CT molecular complexity index is 176. The summed E-state index contributed by atoms with van der Waals surface area (Å²) in [7, 11) is 0. The molecule has 0 aromatic carbocycles. The Morgan fingerprint density at radius 2 is 0.800 bits per heavy atom. The van der Waals surface area contributed by atoms with Gasteiger partial charge in [0.2, 0.25) is 6.93 Å². The van der Waals surface area contributed by atoms with Gasteiger partial charge in [-0.15, -0.1) is 17.6 Å². The van der Waals surface area contributed by atoms with Crippen LogP contribution in [-0.4, -0.2) is 52.9 Å². The molecule has 0 rings (SSSR count). The van der Waals surface area contributed by atoms with Gasteiger partial charge in [-0.3, -0.25) is 17.9 Å². The molecule has 25 heavy (non-hydrogen) atoms. The zero-order valence-electron chi connectivity index (χ0n) is 12.5. The van der Waals surface area contributed by atoms with Crippen molar-refractivity contribution in [1.29, 1.82) is 0 Å². The van der Waals surface area contributed by atoms with Gasteiger partial charge in [0.15, 0.2) is 0 Å². The molecule has 0 atom stereocenters. The van der Waals surface area contributed by atoms with Gasteiger partial charge in [-0.2, -0.15) is 13.2 Å². The minimum atomic E-state index is -5.50. The molecule has 15 heteroatoms. The predicted octanol–water partition coefficient (Wildman–Crippen LogP) is 6.52. The number of hydrogen-bond donors (Lipinski definition) is 0. The number of hydrogen-bond acceptors (Lipinski definition) is 0. The summed E-state index contributed by atoms with van der Waals surface area (Å²) in [5.74, 6) is -2.43. The maximum atomic E-state index is 11.2. The first kappa shape index (κ1) is 39.2. The van der Waals surface area contributed by atoms with Gasteiger partial charge in [-0.05, 0) is 6.92 Å². The smallest absolute Gasteiger partial charge is 0.269 e. The molecule has 0 aliphatic heterocycles. The molecule has 0 aliphatic rings. The minimum absolute atomic E-state index is 0. The van der Waals surface area contributed by atoms with Gasteiger partial charge in [0, 0.05) is 0 Å². The Morgan fingerprint density at radius 1 is 0.640 bits per heavy atom. The Balaban J connectivity index is -0.0000000487. The number of alkyl halides is 14. The van der Waals surface area contributed by atoms with Crippen LogP contribution in [0.25, 0.3) is 0 Å². The fourth-order valence-corrected chi connectivity index (χ4v) is 0.216. The van der Waals surface area contributed by atoms with E-state index in [1.165, 1.54) is 6.92 Å². The summed E-state index contributed by atoms with van der Waals surface area (Å²) in [6.07, 6.45) is -10.2. The van der Waals surface area contributed by atoms with Crippen molar-refractivity contribution in [3.05, 3.63) is 0 Å². The largest absolute Gasteiger partial charge is 0.559 e. The Labute approximate surface area is 133 Å². The Kier molecular flexibility index (Phi) is 43.5. The third-order valence-corrected chi connectivity index (χ3v) is 0.907. The molecule has 0 nitrogen and oxygen atoms in total. The molecule has 0 amide bonds. The average molecular weight is 422 g/mol. The quantitative estimate of drug-likeness (QED) is 0.455. The van der Waals surface area contributed by atoms with Gasteiger partial charge in [-0.1, -0.05) is 0 Å². The topological polar surface area (TPSA) is 0 Å². The number of rotatable bonds is 3. The van der Waals surface area contributed by atoms with Gasteiger partial charge in [0.05, 0.1) is 6.67 Å². The van der Waals surface area contributed by atoms with Crippen LogP contribution < -0.4 is 0 Å². The van der Waals surface area contributed by atoms with Crippen LogP contribution in [0.5, 0.6) is 0 Å². The van der Waals surface area contributed by atoms with E-state index in [9.17, 15) is 61.5 Å². The molecular weight excluding hydrogens is 405 g/mol. The lowest BCUT2D eigenvalue weighted by Crippen LogP contribution is -2.26. The maximum Gasteiger partial charge on any atom is 0.559 e. The molecule has 0 aliphatic carbocycles. The van der Waals surface area contributed by atoms with Crippen molar-refractivity contribution in [1.82, 2.24) is 0 Å². The highest BCUT2D eigenvalue weighted by Crippen LogP contribution is 2.26. The van der Waals surface area contributed by atoms with E-state index in [0.717, 1.165) is 0 Å². The minimum Gasteiger partial charge on any atom is -0.269 e. The van der Waals surface area contributed by atoms with Crippen molar-refractivity contribution < 1.29 is 66.2 Å². The van der Waals surface area contributed by atoms with E-state index >= 15 is 0 Å². The SMILES string of the molecule is CCF.F.FC(F)(F)F.FCC(CF)C(F)(F)F.FCCF.FCF. The van der Waals surface area contributed by atoms with Crippen molar-refractivity contribution >= 4 is 0 Å². The van der Waals surface area contributed by atoms with Gasteiger partial charge < -0.3 is 0 Å². The van der Waals surface area contributed by atoms with Gasteiger partial charge in [0.25, 0.3) is 0 Å². The normalized spacial score (nSPS) is 9.60. The zero-order valence-corrected chi connectivity index (χ0v) is 12.5. The lowest BCUT2D eigenvalue weighted by molar-refractivity contribution is -0.237. The third kappa shape index (κ3) is 102. The first-order valence-electron chi connectivity index (χ1n) is 5.51. The van der Waals surface area contributed by atoms with E-state index in [2.05, 4.69) is 0 Å². The molecule has 0 spiro atoms. The summed E-state index contributed by atoms with van der Waals surface area (Å²) in [6.45, 7) is -5.60. The summed E-state index contributed by atoms with van der Waals surface area (Å²) < 4.78 is 145. The summed E-state index contributed by atoms with van der Waals surface area (Å²) in [5.41, 5.74) is 0. The van der Waals surface area contributed by atoms with Crippen LogP contribution in [-0.2, 0) is 0 Å². The van der Waals surface area contributed by atoms with E-state index < -0.39 is 52.2 Å². The standard InChI is InChI=1S/C4H5F5.C2H4F2.C2H5F.CF4.CH2F2.FH/c5-1-3(2-6)4(7,8)9;3-1-2-4;1-2-3;2-1(3,4)5;2-1-3;/h3H,1-2H2;1-2H2;2H2,1H3;;1H2;1H. The molecular formula is C10H17F15. The Hall–Kier alpha value is -1.05. The molecule has 0 aromatic rings. The lowest BCUT2D eigenvalue weighted by Gasteiger charge is -2.11. The van der Waals surface area contributed by atoms with Gasteiger partial charge in [-0.25, -0.2) is 17.6 Å². The number of halogens is 15. The average Bonchev–Trinajstić information content (AvgIpc) is 2.38. The summed E-state index contributed by atoms with van der Waals surface area (Å²) >= 11 is 0. The molecule has 0 aromatic heterocycles. The van der Waals surface area contributed by atoms with Crippen molar-refractivity contribution in [3.63, 3.8) is 0 Å². The molecule has 0 N–H and O–H groups in total.